The van der Waals surface area contributed by atoms with Gasteiger partial charge in [0.05, 0.1) is 12.3 Å². The molecular weight excluding hydrogens is 482 g/mol. The molecule has 1 fully saturated rings. The van der Waals surface area contributed by atoms with Gasteiger partial charge in [-0.3, -0.25) is 14.6 Å². The van der Waals surface area contributed by atoms with Crippen LogP contribution in [0.3, 0.4) is 0 Å². The summed E-state index contributed by atoms with van der Waals surface area (Å²) in [5, 5.41) is 3.57. The summed E-state index contributed by atoms with van der Waals surface area (Å²) in [4.78, 5) is 19.6. The molecule has 1 amide bonds. The molecule has 0 N–H and O–H groups in total. The maximum Gasteiger partial charge on any atom is 0.229 e. The molecule has 2 aliphatic heterocycles. The molecule has 6 nitrogen and oxygen atoms in total. The maximum atomic E-state index is 12.8. The van der Waals surface area contributed by atoms with Crippen molar-refractivity contribution >= 4 is 38.7 Å². The SMILES string of the molecule is CCOCN1C(=O)CC(C)(C)c2ccc(OCCCCN3CCN(c4cccc5sccc45)CC3)cc21. The van der Waals surface area contributed by atoms with Gasteiger partial charge in [-0.05, 0) is 61.5 Å². The van der Waals surface area contributed by atoms with E-state index in [0.717, 1.165) is 57.0 Å². The van der Waals surface area contributed by atoms with Gasteiger partial charge in [-0.1, -0.05) is 26.0 Å². The van der Waals surface area contributed by atoms with Crippen molar-refractivity contribution in [3.63, 3.8) is 0 Å². The number of unbranched alkanes of at least 4 members (excludes halogenated alkanes) is 1. The molecule has 2 aliphatic rings. The zero-order valence-corrected chi connectivity index (χ0v) is 23.2. The van der Waals surface area contributed by atoms with E-state index in [0.29, 0.717) is 19.6 Å². The van der Waals surface area contributed by atoms with Gasteiger partial charge in [-0.25, -0.2) is 0 Å². The Morgan fingerprint density at radius 3 is 2.65 bits per heavy atom. The van der Waals surface area contributed by atoms with Crippen molar-refractivity contribution in [2.75, 3.05) is 62.5 Å². The second kappa shape index (κ2) is 11.4. The number of hydrogen-bond acceptors (Lipinski definition) is 6. The number of benzene rings is 2. The third kappa shape index (κ3) is 5.79. The number of carbonyl (C=O) groups is 1. The molecule has 7 heteroatoms. The molecule has 2 aromatic carbocycles. The van der Waals surface area contributed by atoms with Gasteiger partial charge in [0, 0.05) is 66.5 Å². The van der Waals surface area contributed by atoms with Gasteiger partial charge in [0.15, 0.2) is 0 Å². The van der Waals surface area contributed by atoms with Crippen molar-refractivity contribution < 1.29 is 14.3 Å². The molecule has 3 heterocycles. The second-order valence-electron chi connectivity index (χ2n) is 10.7. The Hall–Kier alpha value is -2.61. The Kier molecular flexibility index (Phi) is 8.03. The quantitative estimate of drug-likeness (QED) is 0.311. The zero-order valence-electron chi connectivity index (χ0n) is 22.4. The molecule has 1 aromatic heterocycles. The number of anilines is 2. The minimum absolute atomic E-state index is 0.107. The number of piperazine rings is 1. The van der Waals surface area contributed by atoms with Gasteiger partial charge in [-0.15, -0.1) is 11.3 Å². The molecular formula is C30H39N3O3S. The number of rotatable bonds is 10. The lowest BCUT2D eigenvalue weighted by atomic mass is 9.77. The smallest absolute Gasteiger partial charge is 0.229 e. The Labute approximate surface area is 224 Å². The summed E-state index contributed by atoms with van der Waals surface area (Å²) in [7, 11) is 0. The fourth-order valence-corrected chi connectivity index (χ4v) is 6.33. The Bertz CT molecular complexity index is 1220. The van der Waals surface area contributed by atoms with Gasteiger partial charge < -0.3 is 14.4 Å². The highest BCUT2D eigenvalue weighted by Crippen LogP contribution is 2.42. The summed E-state index contributed by atoms with van der Waals surface area (Å²) >= 11 is 1.82. The number of hydrogen-bond donors (Lipinski definition) is 0. The van der Waals surface area contributed by atoms with Gasteiger partial charge in [0.25, 0.3) is 0 Å². The van der Waals surface area contributed by atoms with E-state index in [2.05, 4.69) is 59.4 Å². The van der Waals surface area contributed by atoms with Crippen LogP contribution in [0.4, 0.5) is 11.4 Å². The van der Waals surface area contributed by atoms with Gasteiger partial charge in [0.2, 0.25) is 5.91 Å². The van der Waals surface area contributed by atoms with Crippen molar-refractivity contribution in [2.24, 2.45) is 0 Å². The van der Waals surface area contributed by atoms with Crippen LogP contribution in [0.15, 0.2) is 47.8 Å². The molecule has 0 spiro atoms. The fraction of sp³-hybridized carbons (Fsp3) is 0.500. The van der Waals surface area contributed by atoms with E-state index >= 15 is 0 Å². The lowest BCUT2D eigenvalue weighted by Gasteiger charge is -2.38. The van der Waals surface area contributed by atoms with Crippen LogP contribution >= 0.6 is 11.3 Å². The van der Waals surface area contributed by atoms with E-state index in [9.17, 15) is 4.79 Å². The number of nitrogens with zero attached hydrogens (tertiary/aromatic N) is 3. The lowest BCUT2D eigenvalue weighted by Crippen LogP contribution is -2.46. The predicted molar refractivity (Wildman–Crippen MR) is 153 cm³/mol. The Morgan fingerprint density at radius 2 is 1.84 bits per heavy atom. The van der Waals surface area contributed by atoms with Crippen molar-refractivity contribution in [3.05, 3.63) is 53.4 Å². The number of thiophene rings is 1. The molecule has 1 saturated heterocycles. The van der Waals surface area contributed by atoms with Crippen LogP contribution in [-0.2, 0) is 14.9 Å². The van der Waals surface area contributed by atoms with Crippen LogP contribution < -0.4 is 14.5 Å². The third-order valence-corrected chi connectivity index (χ3v) is 8.51. The summed E-state index contributed by atoms with van der Waals surface area (Å²) in [6.07, 6.45) is 2.62. The number of amides is 1. The Balaban J connectivity index is 1.08. The summed E-state index contributed by atoms with van der Waals surface area (Å²) in [5.74, 6) is 0.928. The first kappa shape index (κ1) is 26.0. The van der Waals surface area contributed by atoms with Crippen LogP contribution in [0.25, 0.3) is 10.1 Å². The summed E-state index contributed by atoms with van der Waals surface area (Å²) in [5.41, 5.74) is 3.28. The first-order valence-corrected chi connectivity index (χ1v) is 14.4. The predicted octanol–water partition coefficient (Wildman–Crippen LogP) is 5.89. The van der Waals surface area contributed by atoms with Crippen LogP contribution in [0.2, 0.25) is 0 Å². The van der Waals surface area contributed by atoms with Crippen molar-refractivity contribution in [2.45, 2.75) is 45.4 Å². The molecule has 198 valence electrons. The average Bonchev–Trinajstić information content (AvgIpc) is 3.38. The average molecular weight is 522 g/mol. The van der Waals surface area contributed by atoms with E-state index in [4.69, 9.17) is 9.47 Å². The molecule has 0 unspecified atom stereocenters. The van der Waals surface area contributed by atoms with E-state index in [1.165, 1.54) is 21.3 Å². The van der Waals surface area contributed by atoms with E-state index < -0.39 is 0 Å². The van der Waals surface area contributed by atoms with Crippen LogP contribution in [0, 0.1) is 0 Å². The third-order valence-electron chi connectivity index (χ3n) is 7.63. The first-order valence-electron chi connectivity index (χ1n) is 13.6. The summed E-state index contributed by atoms with van der Waals surface area (Å²) in [6.45, 7) is 13.2. The van der Waals surface area contributed by atoms with Crippen molar-refractivity contribution in [1.29, 1.82) is 0 Å². The van der Waals surface area contributed by atoms with Crippen LogP contribution in [0.5, 0.6) is 5.75 Å². The van der Waals surface area contributed by atoms with Crippen LogP contribution in [-0.4, -0.2) is 63.5 Å². The normalized spacial score (nSPS) is 17.9. The highest BCUT2D eigenvalue weighted by atomic mass is 32.1. The molecule has 37 heavy (non-hydrogen) atoms. The van der Waals surface area contributed by atoms with E-state index in [1.807, 2.05) is 30.4 Å². The highest BCUT2D eigenvalue weighted by Gasteiger charge is 2.36. The van der Waals surface area contributed by atoms with Crippen molar-refractivity contribution in [3.8, 4) is 5.75 Å². The largest absolute Gasteiger partial charge is 0.494 e. The minimum Gasteiger partial charge on any atom is -0.494 e. The topological polar surface area (TPSA) is 45.2 Å². The molecule has 0 atom stereocenters. The van der Waals surface area contributed by atoms with Crippen LogP contribution in [0.1, 0.15) is 45.6 Å². The molecule has 0 radical (unpaired) electrons. The van der Waals surface area contributed by atoms with Gasteiger partial charge in [0.1, 0.15) is 12.5 Å². The van der Waals surface area contributed by atoms with Crippen molar-refractivity contribution in [1.82, 2.24) is 4.90 Å². The molecule has 5 rings (SSSR count). The number of ether oxygens (including phenoxy) is 2. The zero-order chi connectivity index (χ0) is 25.8. The lowest BCUT2D eigenvalue weighted by molar-refractivity contribution is -0.121. The standard InChI is InChI=1S/C30H39N3O3S/c1-4-35-22-33-27-20-23(10-11-25(27)30(2,3)21-29(33)34)36-18-6-5-13-31-14-16-32(17-15-31)26-8-7-9-28-24(26)12-19-37-28/h7-12,19-20H,4-6,13-18,21-22H2,1-3H3. The number of fused-ring (bicyclic) bond motifs is 2. The maximum absolute atomic E-state index is 12.8. The second-order valence-corrected chi connectivity index (χ2v) is 11.6. The van der Waals surface area contributed by atoms with E-state index in [1.54, 1.807) is 4.90 Å². The Morgan fingerprint density at radius 1 is 1.00 bits per heavy atom. The molecule has 0 aliphatic carbocycles. The van der Waals surface area contributed by atoms with Gasteiger partial charge in [-0.2, -0.15) is 0 Å². The monoisotopic (exact) mass is 521 g/mol. The minimum atomic E-state index is -0.187. The summed E-state index contributed by atoms with van der Waals surface area (Å²) in [6, 6.07) is 15.1. The van der Waals surface area contributed by atoms with E-state index in [-0.39, 0.29) is 18.1 Å². The highest BCUT2D eigenvalue weighted by molar-refractivity contribution is 7.17. The van der Waals surface area contributed by atoms with Gasteiger partial charge >= 0.3 is 0 Å². The fourth-order valence-electron chi connectivity index (χ4n) is 5.52. The first-order chi connectivity index (χ1) is 18.0. The summed E-state index contributed by atoms with van der Waals surface area (Å²) < 4.78 is 13.1. The molecule has 0 bridgehead atoms. The molecule has 3 aromatic rings. The molecule has 0 saturated carbocycles. The number of carbonyl (C=O) groups excluding carboxylic acids is 1.